The number of likely N-dealkylation sites (tertiary alicyclic amines) is 1. The van der Waals surface area contributed by atoms with Crippen LogP contribution in [-0.2, 0) is 16.1 Å². The second kappa shape index (κ2) is 8.25. The van der Waals surface area contributed by atoms with Crippen LogP contribution in [0.25, 0.3) is 0 Å². The van der Waals surface area contributed by atoms with Crippen molar-refractivity contribution in [3.8, 4) is 5.75 Å². The summed E-state index contributed by atoms with van der Waals surface area (Å²) >= 11 is 0. The summed E-state index contributed by atoms with van der Waals surface area (Å²) in [7, 11) is 1.55. The number of hydrogen-bond donors (Lipinski definition) is 0. The van der Waals surface area contributed by atoms with Gasteiger partial charge in [0.2, 0.25) is 11.8 Å². The van der Waals surface area contributed by atoms with Gasteiger partial charge in [-0.05, 0) is 17.7 Å². The number of carbonyl (C=O) groups is 2. The summed E-state index contributed by atoms with van der Waals surface area (Å²) in [5, 5.41) is 0. The van der Waals surface area contributed by atoms with Crippen molar-refractivity contribution >= 4 is 11.8 Å². The number of benzene rings is 1. The van der Waals surface area contributed by atoms with Crippen LogP contribution < -0.4 is 4.74 Å². The first kappa shape index (κ1) is 19.8. The van der Waals surface area contributed by atoms with Gasteiger partial charge in [-0.15, -0.1) is 6.58 Å². The number of amides is 2. The Balaban J connectivity index is 2.05. The first-order valence-electron chi connectivity index (χ1n) is 8.10. The van der Waals surface area contributed by atoms with E-state index in [1.54, 1.807) is 37.5 Å². The second-order valence-corrected chi connectivity index (χ2v) is 6.15. The van der Waals surface area contributed by atoms with Gasteiger partial charge in [0.1, 0.15) is 12.3 Å². The van der Waals surface area contributed by atoms with E-state index in [1.807, 2.05) is 0 Å². The Hall–Kier alpha value is -2.51. The molecule has 1 heterocycles. The molecule has 1 saturated heterocycles. The van der Waals surface area contributed by atoms with Gasteiger partial charge in [-0.25, -0.2) is 0 Å². The van der Waals surface area contributed by atoms with E-state index >= 15 is 0 Å². The lowest BCUT2D eigenvalue weighted by Crippen LogP contribution is -2.39. The third kappa shape index (κ3) is 5.24. The maximum Gasteiger partial charge on any atom is 0.406 e. The Labute approximate surface area is 150 Å². The predicted molar refractivity (Wildman–Crippen MR) is 89.4 cm³/mol. The molecule has 2 rings (SSSR count). The van der Waals surface area contributed by atoms with Crippen LogP contribution in [0.3, 0.4) is 0 Å². The van der Waals surface area contributed by atoms with Crippen LogP contribution in [0.1, 0.15) is 12.0 Å². The van der Waals surface area contributed by atoms with Crippen LogP contribution in [0.15, 0.2) is 36.9 Å². The van der Waals surface area contributed by atoms with Crippen LogP contribution in [-0.4, -0.2) is 54.5 Å². The molecular formula is C18H21F3N2O3. The highest BCUT2D eigenvalue weighted by Gasteiger charge is 2.41. The molecule has 142 valence electrons. The molecule has 1 fully saturated rings. The zero-order valence-corrected chi connectivity index (χ0v) is 14.5. The summed E-state index contributed by atoms with van der Waals surface area (Å²) in [5.41, 5.74) is 0.845. The number of halogens is 3. The number of alkyl halides is 3. The highest BCUT2D eigenvalue weighted by Crippen LogP contribution is 2.25. The minimum atomic E-state index is -4.47. The fourth-order valence-electron chi connectivity index (χ4n) is 2.90. The van der Waals surface area contributed by atoms with Crippen molar-refractivity contribution in [2.75, 3.05) is 26.7 Å². The molecule has 0 radical (unpaired) electrons. The first-order valence-corrected chi connectivity index (χ1v) is 8.10. The van der Waals surface area contributed by atoms with E-state index in [9.17, 15) is 22.8 Å². The van der Waals surface area contributed by atoms with E-state index in [0.717, 1.165) is 5.56 Å². The summed E-state index contributed by atoms with van der Waals surface area (Å²) in [4.78, 5) is 26.7. The Morgan fingerprint density at radius 2 is 2.04 bits per heavy atom. The molecule has 1 aromatic carbocycles. The largest absolute Gasteiger partial charge is 0.497 e. The number of hydrogen-bond acceptors (Lipinski definition) is 3. The van der Waals surface area contributed by atoms with Crippen LogP contribution in [0.5, 0.6) is 5.75 Å². The summed E-state index contributed by atoms with van der Waals surface area (Å²) < 4.78 is 42.7. The molecule has 1 aliphatic rings. The van der Waals surface area contributed by atoms with Crippen molar-refractivity contribution in [3.05, 3.63) is 42.5 Å². The molecule has 1 aromatic rings. The minimum absolute atomic E-state index is 0.203. The SMILES string of the molecule is C=CCN(Cc1ccc(OC)cc1)C(=O)C1CC(=O)N(CC(F)(F)F)C1. The van der Waals surface area contributed by atoms with Gasteiger partial charge in [-0.3, -0.25) is 9.59 Å². The van der Waals surface area contributed by atoms with Gasteiger partial charge in [0.05, 0.1) is 13.0 Å². The quantitative estimate of drug-likeness (QED) is 0.694. The fraction of sp³-hybridized carbons (Fsp3) is 0.444. The Bertz CT molecular complexity index is 659. The topological polar surface area (TPSA) is 49.9 Å². The molecule has 8 heteroatoms. The lowest BCUT2D eigenvalue weighted by molar-refractivity contribution is -0.157. The summed E-state index contributed by atoms with van der Waals surface area (Å²) in [6.07, 6.45) is -3.13. The molecule has 0 spiro atoms. The van der Waals surface area contributed by atoms with Gasteiger partial charge in [-0.2, -0.15) is 13.2 Å². The number of ether oxygens (including phenoxy) is 1. The standard InChI is InChI=1S/C18H21F3N2O3/c1-3-8-22(10-13-4-6-15(26-2)7-5-13)17(25)14-9-16(24)23(11-14)12-18(19,20)21/h3-7,14H,1,8-12H2,2H3. The summed E-state index contributed by atoms with van der Waals surface area (Å²) in [6.45, 7) is 2.60. The van der Waals surface area contributed by atoms with Gasteiger partial charge < -0.3 is 14.5 Å². The van der Waals surface area contributed by atoms with Gasteiger partial charge in [0, 0.05) is 26.1 Å². The number of methoxy groups -OCH3 is 1. The highest BCUT2D eigenvalue weighted by molar-refractivity contribution is 5.89. The molecule has 0 bridgehead atoms. The third-order valence-electron chi connectivity index (χ3n) is 4.13. The van der Waals surface area contributed by atoms with Crippen LogP contribution in [0, 0.1) is 5.92 Å². The lowest BCUT2D eigenvalue weighted by Gasteiger charge is -2.25. The summed E-state index contributed by atoms with van der Waals surface area (Å²) in [6, 6.07) is 7.13. The molecule has 5 nitrogen and oxygen atoms in total. The van der Waals surface area contributed by atoms with Crippen molar-refractivity contribution in [2.24, 2.45) is 5.92 Å². The number of nitrogens with zero attached hydrogens (tertiary/aromatic N) is 2. The maximum atomic E-state index is 12.7. The van der Waals surface area contributed by atoms with E-state index in [-0.39, 0.29) is 32.0 Å². The molecule has 1 unspecified atom stereocenters. The number of rotatable bonds is 7. The van der Waals surface area contributed by atoms with E-state index in [2.05, 4.69) is 6.58 Å². The lowest BCUT2D eigenvalue weighted by atomic mass is 10.1. The van der Waals surface area contributed by atoms with Gasteiger partial charge in [0.25, 0.3) is 0 Å². The van der Waals surface area contributed by atoms with Crippen LogP contribution in [0.2, 0.25) is 0 Å². The normalized spacial score (nSPS) is 17.3. The molecule has 0 N–H and O–H groups in total. The van der Waals surface area contributed by atoms with Crippen molar-refractivity contribution in [1.29, 1.82) is 0 Å². The second-order valence-electron chi connectivity index (χ2n) is 6.15. The van der Waals surface area contributed by atoms with Crippen molar-refractivity contribution < 1.29 is 27.5 Å². The van der Waals surface area contributed by atoms with Crippen LogP contribution in [0.4, 0.5) is 13.2 Å². The molecule has 26 heavy (non-hydrogen) atoms. The van der Waals surface area contributed by atoms with Gasteiger partial charge in [-0.1, -0.05) is 18.2 Å². The zero-order valence-electron chi connectivity index (χ0n) is 14.5. The smallest absolute Gasteiger partial charge is 0.406 e. The number of carbonyl (C=O) groups excluding carboxylic acids is 2. The molecule has 1 atom stereocenters. The molecular weight excluding hydrogens is 349 g/mol. The van der Waals surface area contributed by atoms with E-state index in [0.29, 0.717) is 10.6 Å². The van der Waals surface area contributed by atoms with Crippen molar-refractivity contribution in [2.45, 2.75) is 19.1 Å². The molecule has 2 amide bonds. The predicted octanol–water partition coefficient (Wildman–Crippen LogP) is 2.62. The zero-order chi connectivity index (χ0) is 19.3. The Morgan fingerprint density at radius 1 is 1.38 bits per heavy atom. The summed E-state index contributed by atoms with van der Waals surface area (Å²) in [5.74, 6) is -1.09. The van der Waals surface area contributed by atoms with Crippen LogP contribution >= 0.6 is 0 Å². The maximum absolute atomic E-state index is 12.7. The molecule has 1 aliphatic heterocycles. The van der Waals surface area contributed by atoms with Crippen molar-refractivity contribution in [3.63, 3.8) is 0 Å². The van der Waals surface area contributed by atoms with Gasteiger partial charge in [0.15, 0.2) is 0 Å². The van der Waals surface area contributed by atoms with Gasteiger partial charge >= 0.3 is 6.18 Å². The Kier molecular flexibility index (Phi) is 6.28. The molecule has 0 aliphatic carbocycles. The molecule has 0 aromatic heterocycles. The first-order chi connectivity index (χ1) is 12.2. The monoisotopic (exact) mass is 370 g/mol. The average molecular weight is 370 g/mol. The fourth-order valence-corrected chi connectivity index (χ4v) is 2.90. The highest BCUT2D eigenvalue weighted by atomic mass is 19.4. The third-order valence-corrected chi connectivity index (χ3v) is 4.13. The minimum Gasteiger partial charge on any atom is -0.497 e. The van der Waals surface area contributed by atoms with Crippen molar-refractivity contribution in [1.82, 2.24) is 9.80 Å². The molecule has 0 saturated carbocycles. The van der Waals surface area contributed by atoms with E-state index in [4.69, 9.17) is 4.74 Å². The Morgan fingerprint density at radius 3 is 2.58 bits per heavy atom. The van der Waals surface area contributed by atoms with E-state index in [1.165, 1.54) is 4.90 Å². The average Bonchev–Trinajstić information content (AvgIpc) is 2.93. The van der Waals surface area contributed by atoms with E-state index < -0.39 is 24.5 Å².